The van der Waals surface area contributed by atoms with Gasteiger partial charge in [0.2, 0.25) is 5.91 Å². The zero-order valence-electron chi connectivity index (χ0n) is 11.3. The van der Waals surface area contributed by atoms with Crippen LogP contribution in [0.15, 0.2) is 18.2 Å². The van der Waals surface area contributed by atoms with E-state index in [0.29, 0.717) is 5.69 Å². The second-order valence-electron chi connectivity index (χ2n) is 2.60. The number of benzene rings is 1. The van der Waals surface area contributed by atoms with Crippen LogP contribution in [0.25, 0.3) is 0 Å². The van der Waals surface area contributed by atoms with Crippen LogP contribution >= 0.6 is 11.6 Å². The molecule has 0 spiro atoms. The zero-order chi connectivity index (χ0) is 14.7. The summed E-state index contributed by atoms with van der Waals surface area (Å²) in [5.74, 6) is -0.255. The quantitative estimate of drug-likeness (QED) is 0.647. The lowest BCUT2D eigenvalue weighted by Gasteiger charge is -2.01. The van der Waals surface area contributed by atoms with Gasteiger partial charge in [0.05, 0.1) is 4.92 Å². The fraction of sp³-hybridized carbons (Fsp3) is 0.417. The highest BCUT2D eigenvalue weighted by atomic mass is 35.5. The summed E-state index contributed by atoms with van der Waals surface area (Å²) in [5.41, 5.74) is 0.258. The topological polar surface area (TPSA) is 72.2 Å². The lowest BCUT2D eigenvalue weighted by atomic mass is 10.3. The van der Waals surface area contributed by atoms with Crippen molar-refractivity contribution < 1.29 is 9.72 Å². The molecule has 5 nitrogen and oxygen atoms in total. The van der Waals surface area contributed by atoms with Crippen LogP contribution < -0.4 is 5.32 Å². The summed E-state index contributed by atoms with van der Waals surface area (Å²) < 4.78 is 0. The van der Waals surface area contributed by atoms with Crippen LogP contribution in [0.1, 0.15) is 34.6 Å². The standard InChI is InChI=1S/C8H7ClN2O3.2C2H6/c1-5(12)10-6-2-3-8(11(13)14)7(9)4-6;2*1-2/h2-4H,1H3,(H,10,12);2*1-2H3. The van der Waals surface area contributed by atoms with Crippen LogP contribution in [0.2, 0.25) is 5.02 Å². The largest absolute Gasteiger partial charge is 0.326 e. The number of hydrogen-bond acceptors (Lipinski definition) is 3. The van der Waals surface area contributed by atoms with Crippen molar-refractivity contribution in [3.8, 4) is 0 Å². The van der Waals surface area contributed by atoms with Gasteiger partial charge >= 0.3 is 0 Å². The number of carbonyl (C=O) groups is 1. The molecule has 6 heteroatoms. The van der Waals surface area contributed by atoms with E-state index in [1.807, 2.05) is 27.7 Å². The van der Waals surface area contributed by atoms with Crippen molar-refractivity contribution in [2.45, 2.75) is 34.6 Å². The van der Waals surface area contributed by atoms with Gasteiger partial charge in [0.15, 0.2) is 0 Å². The third-order valence-electron chi connectivity index (χ3n) is 1.46. The van der Waals surface area contributed by atoms with Crippen LogP contribution in [0, 0.1) is 10.1 Å². The highest BCUT2D eigenvalue weighted by Crippen LogP contribution is 2.26. The smallest absolute Gasteiger partial charge is 0.288 e. The Kier molecular flexibility index (Phi) is 11.0. The monoisotopic (exact) mass is 274 g/mol. The first-order chi connectivity index (χ1) is 8.50. The third-order valence-corrected chi connectivity index (χ3v) is 1.77. The van der Waals surface area contributed by atoms with Crippen molar-refractivity contribution in [1.82, 2.24) is 0 Å². The Bertz CT molecular complexity index is 395. The average Bonchev–Trinajstić information content (AvgIpc) is 2.33. The van der Waals surface area contributed by atoms with Crippen molar-refractivity contribution in [2.75, 3.05) is 5.32 Å². The molecule has 0 atom stereocenters. The molecule has 1 N–H and O–H groups in total. The van der Waals surface area contributed by atoms with Crippen LogP contribution in [-0.2, 0) is 4.79 Å². The van der Waals surface area contributed by atoms with Crippen molar-refractivity contribution in [3.63, 3.8) is 0 Å². The molecule has 0 heterocycles. The lowest BCUT2D eigenvalue weighted by Crippen LogP contribution is -2.05. The molecule has 0 aromatic heterocycles. The van der Waals surface area contributed by atoms with E-state index >= 15 is 0 Å². The number of halogens is 1. The molecule has 0 fully saturated rings. The third kappa shape index (κ3) is 6.85. The van der Waals surface area contributed by atoms with Crippen LogP contribution in [-0.4, -0.2) is 10.8 Å². The molecule has 0 aliphatic rings. The van der Waals surface area contributed by atoms with Gasteiger partial charge in [-0.15, -0.1) is 0 Å². The van der Waals surface area contributed by atoms with Gasteiger partial charge in [0.25, 0.3) is 5.69 Å². The van der Waals surface area contributed by atoms with E-state index in [0.717, 1.165) is 0 Å². The summed E-state index contributed by atoms with van der Waals surface area (Å²) >= 11 is 5.61. The fourth-order valence-electron chi connectivity index (χ4n) is 0.936. The van der Waals surface area contributed by atoms with E-state index in [4.69, 9.17) is 11.6 Å². The summed E-state index contributed by atoms with van der Waals surface area (Å²) in [5, 5.41) is 12.9. The summed E-state index contributed by atoms with van der Waals surface area (Å²) in [7, 11) is 0. The predicted molar refractivity (Wildman–Crippen MR) is 75.1 cm³/mol. The first kappa shape index (κ1) is 18.7. The Morgan fingerprint density at radius 1 is 1.28 bits per heavy atom. The predicted octanol–water partition coefficient (Wildman–Crippen LogP) is 4.26. The molecular weight excluding hydrogens is 256 g/mol. The molecular formula is C12H19ClN2O3. The minimum Gasteiger partial charge on any atom is -0.326 e. The van der Waals surface area contributed by atoms with Gasteiger partial charge in [-0.3, -0.25) is 14.9 Å². The molecule has 0 aliphatic heterocycles. The van der Waals surface area contributed by atoms with Crippen molar-refractivity contribution in [3.05, 3.63) is 33.3 Å². The summed E-state index contributed by atoms with van der Waals surface area (Å²) in [4.78, 5) is 20.5. The SMILES string of the molecule is CC.CC.CC(=O)Nc1ccc([N+](=O)[O-])c(Cl)c1. The normalized spacial score (nSPS) is 8.11. The van der Waals surface area contributed by atoms with Gasteiger partial charge in [-0.05, 0) is 12.1 Å². The minimum absolute atomic E-state index is 0.00116. The number of carbonyl (C=O) groups excluding carboxylic acids is 1. The molecule has 1 aromatic rings. The van der Waals surface area contributed by atoms with Crippen LogP contribution in [0.5, 0.6) is 0 Å². The van der Waals surface area contributed by atoms with E-state index in [2.05, 4.69) is 5.32 Å². The number of nitrogens with one attached hydrogen (secondary N) is 1. The van der Waals surface area contributed by atoms with Crippen LogP contribution in [0.4, 0.5) is 11.4 Å². The van der Waals surface area contributed by atoms with E-state index < -0.39 is 4.92 Å². The summed E-state index contributed by atoms with van der Waals surface area (Å²) in [6, 6.07) is 4.00. The Balaban J connectivity index is 0. The number of anilines is 1. The second-order valence-corrected chi connectivity index (χ2v) is 3.01. The van der Waals surface area contributed by atoms with Gasteiger partial charge in [0.1, 0.15) is 5.02 Å². The van der Waals surface area contributed by atoms with Crippen LogP contribution in [0.3, 0.4) is 0 Å². The van der Waals surface area contributed by atoms with Gasteiger partial charge < -0.3 is 5.32 Å². The highest BCUT2D eigenvalue weighted by Gasteiger charge is 2.11. The molecule has 1 aromatic carbocycles. The molecule has 0 saturated carbocycles. The number of nitro benzene ring substituents is 1. The van der Waals surface area contributed by atoms with E-state index in [9.17, 15) is 14.9 Å². The summed E-state index contributed by atoms with van der Waals surface area (Å²) in [6.07, 6.45) is 0. The van der Waals surface area contributed by atoms with E-state index in [1.165, 1.54) is 25.1 Å². The first-order valence-corrected chi connectivity index (χ1v) is 6.10. The Labute approximate surface area is 112 Å². The van der Waals surface area contributed by atoms with E-state index in [-0.39, 0.29) is 16.6 Å². The maximum atomic E-state index is 10.7. The number of rotatable bonds is 2. The maximum absolute atomic E-state index is 10.7. The molecule has 0 unspecified atom stereocenters. The van der Waals surface area contributed by atoms with E-state index in [1.54, 1.807) is 0 Å². The molecule has 0 saturated heterocycles. The van der Waals surface area contributed by atoms with Crippen molar-refractivity contribution >= 4 is 28.9 Å². The number of amides is 1. The zero-order valence-corrected chi connectivity index (χ0v) is 12.0. The molecule has 0 bridgehead atoms. The lowest BCUT2D eigenvalue weighted by molar-refractivity contribution is -0.384. The van der Waals surface area contributed by atoms with Crippen molar-refractivity contribution in [2.24, 2.45) is 0 Å². The number of nitro groups is 1. The average molecular weight is 275 g/mol. The molecule has 0 aliphatic carbocycles. The van der Waals surface area contributed by atoms with Gasteiger partial charge in [-0.25, -0.2) is 0 Å². The number of hydrogen-bond donors (Lipinski definition) is 1. The fourth-order valence-corrected chi connectivity index (χ4v) is 1.19. The Hall–Kier alpha value is -1.62. The van der Waals surface area contributed by atoms with Gasteiger partial charge in [0, 0.05) is 18.7 Å². The van der Waals surface area contributed by atoms with Gasteiger partial charge in [-0.1, -0.05) is 39.3 Å². The number of nitrogens with zero attached hydrogens (tertiary/aromatic N) is 1. The Morgan fingerprint density at radius 3 is 2.11 bits per heavy atom. The minimum atomic E-state index is -0.583. The highest BCUT2D eigenvalue weighted by molar-refractivity contribution is 6.33. The van der Waals surface area contributed by atoms with Crippen molar-refractivity contribution in [1.29, 1.82) is 0 Å². The maximum Gasteiger partial charge on any atom is 0.288 e. The summed E-state index contributed by atoms with van der Waals surface area (Å²) in [6.45, 7) is 9.34. The molecule has 1 rings (SSSR count). The first-order valence-electron chi connectivity index (χ1n) is 5.72. The molecule has 0 radical (unpaired) electrons. The molecule has 1 amide bonds. The second kappa shape index (κ2) is 10.5. The van der Waals surface area contributed by atoms with Gasteiger partial charge in [-0.2, -0.15) is 0 Å². The Morgan fingerprint density at radius 2 is 1.78 bits per heavy atom. The molecule has 102 valence electrons. The molecule has 18 heavy (non-hydrogen) atoms.